The molecule has 9 nitrogen and oxygen atoms in total. The summed E-state index contributed by atoms with van der Waals surface area (Å²) in [6, 6.07) is 0.230. The van der Waals surface area contributed by atoms with E-state index in [0.29, 0.717) is 44.8 Å². The third-order valence-corrected chi connectivity index (χ3v) is 7.25. The Kier molecular flexibility index (Phi) is 7.80. The highest BCUT2D eigenvalue weighted by Gasteiger charge is 2.24. The standard InChI is InChI=1S/C20H26BrIN6O3/c1-29-8-9-31-20-25-17(23)16-18(26-20)28(19(21)24-16)12-14-10-13(2-3-15(14)22)11-27-4-6-30-7-5-27/h2-3,10,14-15H,4-9,11-12H2,1H3,(H2,23,25,26). The molecule has 11 heteroatoms. The summed E-state index contributed by atoms with van der Waals surface area (Å²) in [5.41, 5.74) is 8.69. The number of hydrogen-bond acceptors (Lipinski definition) is 8. The Labute approximate surface area is 203 Å². The zero-order valence-corrected chi connectivity index (χ0v) is 21.1. The van der Waals surface area contributed by atoms with Crippen LogP contribution in [-0.2, 0) is 16.0 Å². The van der Waals surface area contributed by atoms with Crippen LogP contribution in [0, 0.1) is 5.92 Å². The van der Waals surface area contributed by atoms with Gasteiger partial charge in [0.2, 0.25) is 0 Å². The van der Waals surface area contributed by atoms with Gasteiger partial charge in [-0.15, -0.1) is 0 Å². The van der Waals surface area contributed by atoms with E-state index >= 15 is 0 Å². The van der Waals surface area contributed by atoms with Gasteiger partial charge in [0.25, 0.3) is 0 Å². The smallest absolute Gasteiger partial charge is 0.320 e. The maximum atomic E-state index is 6.13. The van der Waals surface area contributed by atoms with Crippen molar-refractivity contribution in [1.29, 1.82) is 0 Å². The second-order valence-corrected chi connectivity index (χ2v) is 9.64. The molecule has 4 rings (SSSR count). The average Bonchev–Trinajstić information content (AvgIpc) is 3.07. The molecule has 1 fully saturated rings. The number of allylic oxidation sites excluding steroid dienone is 2. The highest BCUT2D eigenvalue weighted by molar-refractivity contribution is 14.1. The van der Waals surface area contributed by atoms with Crippen LogP contribution in [0.3, 0.4) is 0 Å². The van der Waals surface area contributed by atoms with Gasteiger partial charge in [-0.25, -0.2) is 4.98 Å². The molecule has 3 heterocycles. The van der Waals surface area contributed by atoms with Crippen LogP contribution in [0.2, 0.25) is 0 Å². The third kappa shape index (κ3) is 5.56. The van der Waals surface area contributed by atoms with E-state index in [1.54, 1.807) is 7.11 Å². The lowest BCUT2D eigenvalue weighted by atomic mass is 9.95. The number of anilines is 1. The first-order chi connectivity index (χ1) is 15.0. The van der Waals surface area contributed by atoms with Gasteiger partial charge in [-0.3, -0.25) is 4.90 Å². The minimum Gasteiger partial charge on any atom is -0.461 e. The van der Waals surface area contributed by atoms with Crippen molar-refractivity contribution in [1.82, 2.24) is 24.4 Å². The Morgan fingerprint density at radius 1 is 1.26 bits per heavy atom. The van der Waals surface area contributed by atoms with Gasteiger partial charge < -0.3 is 24.5 Å². The second-order valence-electron chi connectivity index (χ2n) is 7.49. The molecule has 2 atom stereocenters. The summed E-state index contributed by atoms with van der Waals surface area (Å²) in [5.74, 6) is 0.597. The molecule has 2 N–H and O–H groups in total. The molecular formula is C20H26BrIN6O3. The van der Waals surface area contributed by atoms with E-state index in [1.807, 2.05) is 4.57 Å². The van der Waals surface area contributed by atoms with Crippen LogP contribution in [0.4, 0.5) is 5.82 Å². The van der Waals surface area contributed by atoms with E-state index in [9.17, 15) is 0 Å². The zero-order valence-electron chi connectivity index (χ0n) is 17.3. The van der Waals surface area contributed by atoms with Crippen molar-refractivity contribution in [3.05, 3.63) is 28.5 Å². The van der Waals surface area contributed by atoms with Gasteiger partial charge in [-0.1, -0.05) is 40.8 Å². The quantitative estimate of drug-likeness (QED) is 0.212. The highest BCUT2D eigenvalue weighted by atomic mass is 127. The van der Waals surface area contributed by atoms with Gasteiger partial charge in [0.15, 0.2) is 21.7 Å². The Bertz CT molecular complexity index is 975. The fraction of sp³-hybridized carbons (Fsp3) is 0.550. The monoisotopic (exact) mass is 604 g/mol. The van der Waals surface area contributed by atoms with E-state index in [2.05, 4.69) is 76.6 Å². The molecule has 1 saturated heterocycles. The molecule has 0 aromatic carbocycles. The molecule has 0 bridgehead atoms. The Morgan fingerprint density at radius 2 is 2.06 bits per heavy atom. The number of aromatic nitrogens is 4. The summed E-state index contributed by atoms with van der Waals surface area (Å²) < 4.78 is 19.2. The van der Waals surface area contributed by atoms with Crippen LogP contribution in [0.5, 0.6) is 6.01 Å². The predicted octanol–water partition coefficient (Wildman–Crippen LogP) is 2.44. The van der Waals surface area contributed by atoms with Crippen molar-refractivity contribution in [3.8, 4) is 6.01 Å². The van der Waals surface area contributed by atoms with Crippen molar-refractivity contribution in [2.75, 3.05) is 58.9 Å². The summed E-state index contributed by atoms with van der Waals surface area (Å²) >= 11 is 6.06. The van der Waals surface area contributed by atoms with Crippen LogP contribution in [0.25, 0.3) is 11.2 Å². The van der Waals surface area contributed by atoms with Gasteiger partial charge in [0.1, 0.15) is 6.61 Å². The van der Waals surface area contributed by atoms with E-state index in [4.69, 9.17) is 19.9 Å². The first-order valence-electron chi connectivity index (χ1n) is 10.2. The van der Waals surface area contributed by atoms with Crippen molar-refractivity contribution in [2.24, 2.45) is 5.92 Å². The van der Waals surface area contributed by atoms with Gasteiger partial charge in [-0.2, -0.15) is 9.97 Å². The van der Waals surface area contributed by atoms with Crippen LogP contribution >= 0.6 is 38.5 Å². The van der Waals surface area contributed by atoms with Gasteiger partial charge in [-0.05, 0) is 21.5 Å². The number of halogens is 2. The van der Waals surface area contributed by atoms with Gasteiger partial charge >= 0.3 is 6.01 Å². The number of ether oxygens (including phenoxy) is 3. The molecule has 31 heavy (non-hydrogen) atoms. The predicted molar refractivity (Wildman–Crippen MR) is 131 cm³/mol. The first kappa shape index (κ1) is 22.9. The molecular weight excluding hydrogens is 579 g/mol. The maximum Gasteiger partial charge on any atom is 0.320 e. The first-order valence-corrected chi connectivity index (χ1v) is 12.2. The van der Waals surface area contributed by atoms with E-state index in [-0.39, 0.29) is 6.01 Å². The molecule has 1 aliphatic carbocycles. The summed E-state index contributed by atoms with van der Waals surface area (Å²) in [7, 11) is 1.62. The van der Waals surface area contributed by atoms with E-state index < -0.39 is 0 Å². The van der Waals surface area contributed by atoms with Crippen LogP contribution in [0.15, 0.2) is 28.5 Å². The number of rotatable bonds is 8. The van der Waals surface area contributed by atoms with Crippen LogP contribution < -0.4 is 10.5 Å². The van der Waals surface area contributed by atoms with Crippen LogP contribution in [0.1, 0.15) is 0 Å². The summed E-state index contributed by atoms with van der Waals surface area (Å²) in [6.07, 6.45) is 6.88. The van der Waals surface area contributed by atoms with Crippen molar-refractivity contribution in [3.63, 3.8) is 0 Å². The number of nitrogens with zero attached hydrogens (tertiary/aromatic N) is 5. The van der Waals surface area contributed by atoms with Gasteiger partial charge in [0, 0.05) is 43.1 Å². The summed E-state index contributed by atoms with van der Waals surface area (Å²) in [5, 5.41) is 0. The highest BCUT2D eigenvalue weighted by Crippen LogP contribution is 2.30. The number of fused-ring (bicyclic) bond motifs is 1. The molecule has 2 aromatic heterocycles. The lowest BCUT2D eigenvalue weighted by molar-refractivity contribution is 0.0425. The Balaban J connectivity index is 1.56. The average molecular weight is 605 g/mol. The van der Waals surface area contributed by atoms with Crippen molar-refractivity contribution in [2.45, 2.75) is 10.5 Å². The van der Waals surface area contributed by atoms with Crippen LogP contribution in [-0.4, -0.2) is 81.5 Å². The molecule has 0 saturated carbocycles. The maximum absolute atomic E-state index is 6.13. The zero-order chi connectivity index (χ0) is 21.8. The minimum atomic E-state index is 0.230. The molecule has 0 radical (unpaired) electrons. The van der Waals surface area contributed by atoms with Crippen molar-refractivity contribution < 1.29 is 14.2 Å². The molecule has 2 unspecified atom stereocenters. The summed E-state index contributed by atoms with van der Waals surface area (Å²) in [6.45, 7) is 6.03. The SMILES string of the molecule is COCCOc1nc(N)c2nc(Br)n(CC3C=C(CN4CCOCC4)C=CC3I)c2n1. The van der Waals surface area contributed by atoms with E-state index in [0.717, 1.165) is 39.4 Å². The minimum absolute atomic E-state index is 0.230. The van der Waals surface area contributed by atoms with Crippen molar-refractivity contribution >= 4 is 55.5 Å². The number of imidazole rings is 1. The lowest BCUT2D eigenvalue weighted by Crippen LogP contribution is -2.37. The lowest BCUT2D eigenvalue weighted by Gasteiger charge is -2.29. The Morgan fingerprint density at radius 3 is 2.84 bits per heavy atom. The number of hydrogen-bond donors (Lipinski definition) is 1. The molecule has 0 amide bonds. The molecule has 168 valence electrons. The van der Waals surface area contributed by atoms with E-state index in [1.165, 1.54) is 5.57 Å². The fourth-order valence-corrected chi connectivity index (χ4v) is 4.82. The molecule has 2 aliphatic rings. The topological polar surface area (TPSA) is 101 Å². The fourth-order valence-electron chi connectivity index (χ4n) is 3.68. The van der Waals surface area contributed by atoms with Gasteiger partial charge in [0.05, 0.1) is 19.8 Å². The molecule has 2 aromatic rings. The molecule has 1 aliphatic heterocycles. The molecule has 0 spiro atoms. The number of alkyl halides is 1. The number of morpholine rings is 1. The number of nitrogen functional groups attached to an aromatic ring is 1. The second kappa shape index (κ2) is 10.6. The largest absolute Gasteiger partial charge is 0.461 e. The number of nitrogens with two attached hydrogens (primary N) is 1. The normalized spacial score (nSPS) is 22.1. The Hall–Kier alpha value is -1.28. The third-order valence-electron chi connectivity index (χ3n) is 5.31. The summed E-state index contributed by atoms with van der Waals surface area (Å²) in [4.78, 5) is 15.8. The number of methoxy groups -OCH3 is 1.